The van der Waals surface area contributed by atoms with E-state index >= 15 is 0 Å². The van der Waals surface area contributed by atoms with Gasteiger partial charge in [0.15, 0.2) is 0 Å². The monoisotopic (exact) mass is 238 g/mol. The molecule has 1 saturated heterocycles. The second-order valence-electron chi connectivity index (χ2n) is 4.15. The summed E-state index contributed by atoms with van der Waals surface area (Å²) in [5.74, 6) is 0.853. The number of hydrogen-bond acceptors (Lipinski definition) is 6. The van der Waals surface area contributed by atoms with Gasteiger partial charge in [0, 0.05) is 25.6 Å². The topological polar surface area (TPSA) is 106 Å². The highest BCUT2D eigenvalue weighted by Gasteiger charge is 2.24. The lowest BCUT2D eigenvalue weighted by atomic mass is 10.1. The zero-order valence-electron chi connectivity index (χ0n) is 9.24. The minimum absolute atomic E-state index is 0.0556. The van der Waals surface area contributed by atoms with Gasteiger partial charge in [-0.05, 0) is 6.42 Å². The van der Waals surface area contributed by atoms with Crippen molar-refractivity contribution in [3.8, 4) is 0 Å². The van der Waals surface area contributed by atoms with E-state index < -0.39 is 4.92 Å². The van der Waals surface area contributed by atoms with Crippen LogP contribution in [-0.2, 0) is 0 Å². The molecule has 0 saturated carbocycles. The van der Waals surface area contributed by atoms with Crippen molar-refractivity contribution >= 4 is 17.3 Å². The largest absolute Gasteiger partial charge is 0.396 e. The van der Waals surface area contributed by atoms with Crippen LogP contribution in [0.3, 0.4) is 0 Å². The number of nitrogens with zero attached hydrogens (tertiary/aromatic N) is 3. The van der Waals surface area contributed by atoms with E-state index in [1.54, 1.807) is 0 Å². The molecule has 0 spiro atoms. The fourth-order valence-electron chi connectivity index (χ4n) is 1.98. The number of aliphatic hydroxyl groups excluding tert-OH is 1. The first-order valence-electron chi connectivity index (χ1n) is 5.38. The summed E-state index contributed by atoms with van der Waals surface area (Å²) in [7, 11) is 0. The predicted molar refractivity (Wildman–Crippen MR) is 62.7 cm³/mol. The Labute approximate surface area is 98.0 Å². The van der Waals surface area contributed by atoms with E-state index in [0.717, 1.165) is 13.0 Å². The fourth-order valence-corrected chi connectivity index (χ4v) is 1.98. The number of pyridine rings is 1. The third-order valence-corrected chi connectivity index (χ3v) is 2.90. The van der Waals surface area contributed by atoms with Crippen molar-refractivity contribution in [3.63, 3.8) is 0 Å². The summed E-state index contributed by atoms with van der Waals surface area (Å²) in [6.07, 6.45) is 0.862. The summed E-state index contributed by atoms with van der Waals surface area (Å²) in [6, 6.07) is 2.65. The molecule has 1 aromatic heterocycles. The number of rotatable bonds is 3. The molecular formula is C10H14N4O3. The minimum Gasteiger partial charge on any atom is -0.396 e. The van der Waals surface area contributed by atoms with E-state index in [1.807, 2.05) is 4.90 Å². The Bertz CT molecular complexity index is 438. The molecule has 0 aromatic carbocycles. The first kappa shape index (κ1) is 11.6. The Kier molecular flexibility index (Phi) is 3.10. The Morgan fingerprint density at radius 3 is 3.00 bits per heavy atom. The van der Waals surface area contributed by atoms with Crippen molar-refractivity contribution in [2.24, 2.45) is 5.92 Å². The Hall–Kier alpha value is -1.89. The number of hydrogen-bond donors (Lipinski definition) is 2. The first-order chi connectivity index (χ1) is 8.10. The molecule has 7 nitrogen and oxygen atoms in total. The third kappa shape index (κ3) is 2.44. The zero-order chi connectivity index (χ0) is 12.4. The molecule has 0 bridgehead atoms. The second kappa shape index (κ2) is 4.54. The van der Waals surface area contributed by atoms with Crippen molar-refractivity contribution in [1.29, 1.82) is 0 Å². The highest BCUT2D eigenvalue weighted by molar-refractivity contribution is 5.54. The Balaban J connectivity index is 2.24. The maximum Gasteiger partial charge on any atom is 0.276 e. The molecule has 17 heavy (non-hydrogen) atoms. The number of nitrogens with two attached hydrogens (primary N) is 1. The van der Waals surface area contributed by atoms with Gasteiger partial charge in [-0.3, -0.25) is 10.1 Å². The Morgan fingerprint density at radius 1 is 1.65 bits per heavy atom. The lowest BCUT2D eigenvalue weighted by Crippen LogP contribution is -2.22. The minimum atomic E-state index is -0.485. The van der Waals surface area contributed by atoms with Crippen molar-refractivity contribution in [1.82, 2.24) is 4.98 Å². The summed E-state index contributed by atoms with van der Waals surface area (Å²) in [5.41, 5.74) is 5.48. The maximum absolute atomic E-state index is 10.7. The van der Waals surface area contributed by atoms with Gasteiger partial charge < -0.3 is 15.7 Å². The van der Waals surface area contributed by atoms with E-state index in [1.165, 1.54) is 12.1 Å². The van der Waals surface area contributed by atoms with Gasteiger partial charge in [-0.15, -0.1) is 0 Å². The standard InChI is InChI=1S/C10H14N4O3/c11-9-3-8(14(16)17)4-10(12-9)13-2-1-7(5-13)6-15/h3-4,7,15H,1-2,5-6H2,(H2,11,12). The van der Waals surface area contributed by atoms with Crippen LogP contribution in [-0.4, -0.2) is 34.7 Å². The SMILES string of the molecule is Nc1cc([N+](=O)[O-])cc(N2CCC(CO)C2)n1. The van der Waals surface area contributed by atoms with Crippen LogP contribution >= 0.6 is 0 Å². The van der Waals surface area contributed by atoms with Gasteiger partial charge in [0.1, 0.15) is 11.6 Å². The van der Waals surface area contributed by atoms with Crippen molar-refractivity contribution < 1.29 is 10.0 Å². The van der Waals surface area contributed by atoms with Gasteiger partial charge in [-0.25, -0.2) is 4.98 Å². The van der Waals surface area contributed by atoms with Gasteiger partial charge >= 0.3 is 0 Å². The van der Waals surface area contributed by atoms with Crippen LogP contribution in [0.15, 0.2) is 12.1 Å². The maximum atomic E-state index is 10.7. The molecule has 0 amide bonds. The average Bonchev–Trinajstić information content (AvgIpc) is 2.76. The summed E-state index contributed by atoms with van der Waals surface area (Å²) >= 11 is 0. The highest BCUT2D eigenvalue weighted by Crippen LogP contribution is 2.26. The molecule has 1 aliphatic heterocycles. The van der Waals surface area contributed by atoms with Crippen LogP contribution in [0.1, 0.15) is 6.42 Å². The Morgan fingerprint density at radius 2 is 2.41 bits per heavy atom. The molecule has 1 unspecified atom stereocenters. The molecule has 7 heteroatoms. The van der Waals surface area contributed by atoms with Gasteiger partial charge in [0.25, 0.3) is 5.69 Å². The van der Waals surface area contributed by atoms with Gasteiger partial charge in [0.05, 0.1) is 17.1 Å². The number of aliphatic hydroxyl groups is 1. The number of anilines is 2. The van der Waals surface area contributed by atoms with Crippen LogP contribution in [0.4, 0.5) is 17.3 Å². The lowest BCUT2D eigenvalue weighted by molar-refractivity contribution is -0.384. The third-order valence-electron chi connectivity index (χ3n) is 2.90. The number of nitro groups is 1. The van der Waals surface area contributed by atoms with Gasteiger partial charge in [0.2, 0.25) is 0 Å². The van der Waals surface area contributed by atoms with Gasteiger partial charge in [-0.1, -0.05) is 0 Å². The number of nitrogen functional groups attached to an aromatic ring is 1. The van der Waals surface area contributed by atoms with E-state index in [9.17, 15) is 10.1 Å². The van der Waals surface area contributed by atoms with Crippen molar-refractivity contribution in [3.05, 3.63) is 22.2 Å². The summed E-state index contributed by atoms with van der Waals surface area (Å²) in [6.45, 7) is 1.52. The second-order valence-corrected chi connectivity index (χ2v) is 4.15. The van der Waals surface area contributed by atoms with E-state index in [-0.39, 0.29) is 24.0 Å². The zero-order valence-corrected chi connectivity index (χ0v) is 9.24. The molecule has 0 aliphatic carbocycles. The molecule has 2 rings (SSSR count). The molecule has 0 radical (unpaired) electrons. The number of aromatic nitrogens is 1. The molecule has 1 atom stereocenters. The van der Waals surface area contributed by atoms with Crippen LogP contribution in [0.5, 0.6) is 0 Å². The fraction of sp³-hybridized carbons (Fsp3) is 0.500. The van der Waals surface area contributed by atoms with E-state index in [0.29, 0.717) is 12.4 Å². The van der Waals surface area contributed by atoms with E-state index in [4.69, 9.17) is 10.8 Å². The average molecular weight is 238 g/mol. The molecule has 92 valence electrons. The summed E-state index contributed by atoms with van der Waals surface area (Å²) < 4.78 is 0. The van der Waals surface area contributed by atoms with Crippen LogP contribution in [0.2, 0.25) is 0 Å². The molecule has 1 aromatic rings. The van der Waals surface area contributed by atoms with Crippen LogP contribution < -0.4 is 10.6 Å². The quantitative estimate of drug-likeness (QED) is 0.583. The predicted octanol–water partition coefficient (Wildman–Crippen LogP) is 0.391. The van der Waals surface area contributed by atoms with Gasteiger partial charge in [-0.2, -0.15) is 0 Å². The molecular weight excluding hydrogens is 224 g/mol. The summed E-state index contributed by atoms with van der Waals surface area (Å²) in [4.78, 5) is 16.2. The molecule has 1 aliphatic rings. The molecule has 1 fully saturated rings. The normalized spacial score (nSPS) is 19.6. The summed E-state index contributed by atoms with van der Waals surface area (Å²) in [5, 5.41) is 19.8. The van der Waals surface area contributed by atoms with Crippen LogP contribution in [0.25, 0.3) is 0 Å². The molecule has 2 heterocycles. The van der Waals surface area contributed by atoms with E-state index in [2.05, 4.69) is 4.98 Å². The van der Waals surface area contributed by atoms with Crippen LogP contribution in [0, 0.1) is 16.0 Å². The highest BCUT2D eigenvalue weighted by atomic mass is 16.6. The smallest absolute Gasteiger partial charge is 0.276 e. The van der Waals surface area contributed by atoms with Crippen molar-refractivity contribution in [2.75, 3.05) is 30.3 Å². The lowest BCUT2D eigenvalue weighted by Gasteiger charge is -2.17. The first-order valence-corrected chi connectivity index (χ1v) is 5.38. The molecule has 3 N–H and O–H groups in total. The van der Waals surface area contributed by atoms with Crippen molar-refractivity contribution in [2.45, 2.75) is 6.42 Å².